The standard InChI is InChI=1S/C13H17N3OS/c1-16(10-4-8-15-9-5-10)12(17)13(11(14)18)6-2-3-7-13/h4-5,8-9H,2-3,6-7H2,1H3,(H2,14,18). The van der Waals surface area contributed by atoms with Gasteiger partial charge in [-0.15, -0.1) is 0 Å². The van der Waals surface area contributed by atoms with Crippen LogP contribution >= 0.6 is 12.2 Å². The first-order valence-electron chi connectivity index (χ1n) is 6.06. The van der Waals surface area contributed by atoms with Gasteiger partial charge in [-0.1, -0.05) is 25.1 Å². The monoisotopic (exact) mass is 263 g/mol. The molecule has 0 aromatic carbocycles. The first kappa shape index (κ1) is 13.0. The third kappa shape index (κ3) is 2.10. The van der Waals surface area contributed by atoms with Crippen molar-refractivity contribution >= 4 is 28.8 Å². The van der Waals surface area contributed by atoms with Crippen molar-refractivity contribution in [2.24, 2.45) is 11.1 Å². The first-order valence-corrected chi connectivity index (χ1v) is 6.47. The van der Waals surface area contributed by atoms with Gasteiger partial charge in [-0.3, -0.25) is 9.78 Å². The molecular weight excluding hydrogens is 246 g/mol. The van der Waals surface area contributed by atoms with Crippen molar-refractivity contribution in [3.05, 3.63) is 24.5 Å². The molecule has 0 bridgehead atoms. The van der Waals surface area contributed by atoms with E-state index in [-0.39, 0.29) is 5.91 Å². The fourth-order valence-electron chi connectivity index (χ4n) is 2.55. The van der Waals surface area contributed by atoms with E-state index in [1.165, 1.54) is 0 Å². The van der Waals surface area contributed by atoms with Gasteiger partial charge in [0.25, 0.3) is 0 Å². The number of pyridine rings is 1. The Morgan fingerprint density at radius 2 is 1.94 bits per heavy atom. The van der Waals surface area contributed by atoms with Crippen molar-refractivity contribution in [1.82, 2.24) is 4.98 Å². The molecule has 4 nitrogen and oxygen atoms in total. The molecule has 0 spiro atoms. The fourth-order valence-corrected chi connectivity index (χ4v) is 2.84. The smallest absolute Gasteiger partial charge is 0.239 e. The highest BCUT2D eigenvalue weighted by atomic mass is 32.1. The quantitative estimate of drug-likeness (QED) is 0.846. The molecule has 0 radical (unpaired) electrons. The largest absolute Gasteiger partial charge is 0.392 e. The molecular formula is C13H17N3OS. The lowest BCUT2D eigenvalue weighted by Crippen LogP contribution is -2.48. The van der Waals surface area contributed by atoms with E-state index in [1.54, 1.807) is 36.5 Å². The SMILES string of the molecule is CN(C(=O)C1(C(N)=S)CCCC1)c1ccncc1. The van der Waals surface area contributed by atoms with Crippen molar-refractivity contribution < 1.29 is 4.79 Å². The number of rotatable bonds is 3. The number of hydrogen-bond acceptors (Lipinski definition) is 3. The predicted octanol–water partition coefficient (Wildman–Crippen LogP) is 1.89. The molecule has 5 heteroatoms. The molecule has 18 heavy (non-hydrogen) atoms. The molecule has 96 valence electrons. The van der Waals surface area contributed by atoms with E-state index in [4.69, 9.17) is 18.0 Å². The second-order valence-electron chi connectivity index (χ2n) is 4.72. The highest BCUT2D eigenvalue weighted by Gasteiger charge is 2.45. The number of anilines is 1. The summed E-state index contributed by atoms with van der Waals surface area (Å²) in [7, 11) is 1.76. The Labute approximate surface area is 112 Å². The summed E-state index contributed by atoms with van der Waals surface area (Å²) < 4.78 is 0. The van der Waals surface area contributed by atoms with Crippen LogP contribution in [0.2, 0.25) is 0 Å². The minimum atomic E-state index is -0.645. The lowest BCUT2D eigenvalue weighted by atomic mass is 9.84. The number of nitrogens with two attached hydrogens (primary N) is 1. The maximum atomic E-state index is 12.6. The number of thiocarbonyl (C=S) groups is 1. The highest BCUT2D eigenvalue weighted by molar-refractivity contribution is 7.80. The van der Waals surface area contributed by atoms with Gasteiger partial charge in [0.2, 0.25) is 5.91 Å². The summed E-state index contributed by atoms with van der Waals surface area (Å²) in [6.07, 6.45) is 6.87. The van der Waals surface area contributed by atoms with E-state index >= 15 is 0 Å². The third-order valence-electron chi connectivity index (χ3n) is 3.69. The number of carbonyl (C=O) groups is 1. The average Bonchev–Trinajstić information content (AvgIpc) is 2.88. The van der Waals surface area contributed by atoms with Gasteiger partial charge in [0.05, 0.1) is 10.4 Å². The lowest BCUT2D eigenvalue weighted by molar-refractivity contribution is -0.124. The van der Waals surface area contributed by atoms with Gasteiger partial charge in [-0.05, 0) is 25.0 Å². The zero-order valence-corrected chi connectivity index (χ0v) is 11.2. The third-order valence-corrected chi connectivity index (χ3v) is 4.08. The van der Waals surface area contributed by atoms with Crippen LogP contribution < -0.4 is 10.6 Å². The van der Waals surface area contributed by atoms with E-state index in [0.29, 0.717) is 4.99 Å². The minimum absolute atomic E-state index is 0.00120. The molecule has 0 unspecified atom stereocenters. The van der Waals surface area contributed by atoms with Gasteiger partial charge in [0.15, 0.2) is 0 Å². The van der Waals surface area contributed by atoms with Crippen LogP contribution in [0.3, 0.4) is 0 Å². The van der Waals surface area contributed by atoms with Crippen molar-refractivity contribution in [3.63, 3.8) is 0 Å². The van der Waals surface area contributed by atoms with Crippen LogP contribution in [0.4, 0.5) is 5.69 Å². The molecule has 1 heterocycles. The number of nitrogens with zero attached hydrogens (tertiary/aromatic N) is 2. The number of aromatic nitrogens is 1. The molecule has 1 aliphatic rings. The van der Waals surface area contributed by atoms with Crippen LogP contribution in [0, 0.1) is 5.41 Å². The van der Waals surface area contributed by atoms with Crippen molar-refractivity contribution in [3.8, 4) is 0 Å². The van der Waals surface area contributed by atoms with Crippen LogP contribution in [0.5, 0.6) is 0 Å². The Morgan fingerprint density at radius 3 is 2.44 bits per heavy atom. The van der Waals surface area contributed by atoms with E-state index in [2.05, 4.69) is 4.98 Å². The van der Waals surface area contributed by atoms with Crippen molar-refractivity contribution in [2.45, 2.75) is 25.7 Å². The topological polar surface area (TPSA) is 59.2 Å². The zero-order valence-electron chi connectivity index (χ0n) is 10.4. The van der Waals surface area contributed by atoms with Crippen LogP contribution in [0.1, 0.15) is 25.7 Å². The zero-order chi connectivity index (χ0) is 13.2. The molecule has 1 aromatic rings. The molecule has 0 atom stereocenters. The Hall–Kier alpha value is -1.49. The van der Waals surface area contributed by atoms with Gasteiger partial charge in [-0.2, -0.15) is 0 Å². The molecule has 1 fully saturated rings. The molecule has 1 saturated carbocycles. The first-order chi connectivity index (χ1) is 8.58. The minimum Gasteiger partial charge on any atom is -0.392 e. The van der Waals surface area contributed by atoms with E-state index in [0.717, 1.165) is 31.4 Å². The summed E-state index contributed by atoms with van der Waals surface area (Å²) in [6.45, 7) is 0. The van der Waals surface area contributed by atoms with Gasteiger partial charge in [0, 0.05) is 25.1 Å². The number of carbonyl (C=O) groups excluding carboxylic acids is 1. The van der Waals surface area contributed by atoms with Gasteiger partial charge >= 0.3 is 0 Å². The van der Waals surface area contributed by atoms with Crippen LogP contribution in [0.25, 0.3) is 0 Å². The van der Waals surface area contributed by atoms with E-state index < -0.39 is 5.41 Å². The lowest BCUT2D eigenvalue weighted by Gasteiger charge is -2.31. The van der Waals surface area contributed by atoms with Crippen molar-refractivity contribution in [1.29, 1.82) is 0 Å². The summed E-state index contributed by atoms with van der Waals surface area (Å²) in [6, 6.07) is 3.61. The summed E-state index contributed by atoms with van der Waals surface area (Å²) in [5, 5.41) is 0. The van der Waals surface area contributed by atoms with Crippen LogP contribution in [-0.4, -0.2) is 22.9 Å². The molecule has 2 rings (SSSR count). The Bertz CT molecular complexity index is 455. The molecule has 1 aliphatic carbocycles. The normalized spacial score (nSPS) is 17.4. The Morgan fingerprint density at radius 1 is 1.39 bits per heavy atom. The van der Waals surface area contributed by atoms with Crippen LogP contribution in [0.15, 0.2) is 24.5 Å². The average molecular weight is 263 g/mol. The second-order valence-corrected chi connectivity index (χ2v) is 5.16. The van der Waals surface area contributed by atoms with E-state index in [9.17, 15) is 4.79 Å². The maximum absolute atomic E-state index is 12.6. The number of hydrogen-bond donors (Lipinski definition) is 1. The predicted molar refractivity (Wildman–Crippen MR) is 75.3 cm³/mol. The van der Waals surface area contributed by atoms with Gasteiger partial charge in [0.1, 0.15) is 0 Å². The van der Waals surface area contributed by atoms with E-state index in [1.807, 2.05) is 0 Å². The summed E-state index contributed by atoms with van der Waals surface area (Å²) in [5.74, 6) is -0.00120. The van der Waals surface area contributed by atoms with Crippen LogP contribution in [-0.2, 0) is 4.79 Å². The summed E-state index contributed by atoms with van der Waals surface area (Å²) in [4.78, 5) is 18.6. The maximum Gasteiger partial charge on any atom is 0.239 e. The molecule has 1 amide bonds. The Kier molecular flexibility index (Phi) is 3.61. The highest BCUT2D eigenvalue weighted by Crippen LogP contribution is 2.40. The second kappa shape index (κ2) is 5.02. The molecule has 0 aliphatic heterocycles. The Balaban J connectivity index is 2.27. The fraction of sp³-hybridized carbons (Fsp3) is 0.462. The summed E-state index contributed by atoms with van der Waals surface area (Å²) >= 11 is 5.13. The van der Waals surface area contributed by atoms with Crippen molar-refractivity contribution in [2.75, 3.05) is 11.9 Å². The molecule has 1 aromatic heterocycles. The van der Waals surface area contributed by atoms with Gasteiger partial charge in [-0.25, -0.2) is 0 Å². The summed E-state index contributed by atoms with van der Waals surface area (Å²) in [5.41, 5.74) is 5.99. The van der Waals surface area contributed by atoms with Gasteiger partial charge < -0.3 is 10.6 Å². The molecule has 0 saturated heterocycles. The number of amides is 1. The molecule has 2 N–H and O–H groups in total.